The highest BCUT2D eigenvalue weighted by atomic mass is 32.2. The highest BCUT2D eigenvalue weighted by Gasteiger charge is 2.15. The summed E-state index contributed by atoms with van der Waals surface area (Å²) >= 11 is 1.54. The van der Waals surface area contributed by atoms with Gasteiger partial charge in [-0.1, -0.05) is 12.1 Å². The monoisotopic (exact) mass is 438 g/mol. The summed E-state index contributed by atoms with van der Waals surface area (Å²) in [7, 11) is -2.12. The van der Waals surface area contributed by atoms with Crippen LogP contribution in [0.1, 0.15) is 17.3 Å². The maximum absolute atomic E-state index is 12.6. The maximum atomic E-state index is 12.6. The molecule has 0 spiro atoms. The van der Waals surface area contributed by atoms with Crippen LogP contribution in [0.25, 0.3) is 20.8 Å². The van der Waals surface area contributed by atoms with Crippen molar-refractivity contribution in [3.63, 3.8) is 0 Å². The molecule has 0 bridgehead atoms. The topological polar surface area (TPSA) is 85.4 Å². The van der Waals surface area contributed by atoms with E-state index in [-0.39, 0.29) is 10.7 Å². The summed E-state index contributed by atoms with van der Waals surface area (Å²) in [6.07, 6.45) is 0. The summed E-state index contributed by atoms with van der Waals surface area (Å²) in [4.78, 5) is 16.1. The quantitative estimate of drug-likeness (QED) is 0.429. The van der Waals surface area contributed by atoms with Crippen LogP contribution in [0, 0.1) is 0 Å². The second-order valence-electron chi connectivity index (χ2n) is 6.62. The van der Waals surface area contributed by atoms with Gasteiger partial charge >= 0.3 is 0 Å². The average Bonchev–Trinajstić information content (AvgIpc) is 3.17. The van der Waals surface area contributed by atoms with Crippen molar-refractivity contribution in [3.05, 3.63) is 72.3 Å². The predicted molar refractivity (Wildman–Crippen MR) is 119 cm³/mol. The number of carbonyl (C=O) groups excluding carboxylic acids is 1. The fourth-order valence-electron chi connectivity index (χ4n) is 2.92. The van der Waals surface area contributed by atoms with E-state index in [0.29, 0.717) is 11.3 Å². The zero-order valence-electron chi connectivity index (χ0n) is 16.2. The number of sulfonamides is 1. The molecule has 4 rings (SSSR count). The SMILES string of the molecule is COc1ccc2nc(-c3ccc(NS(=O)(=O)c4ccc(C(C)=O)cc4)cc3)sc2c1. The molecule has 30 heavy (non-hydrogen) atoms. The number of methoxy groups -OCH3 is 1. The first-order valence-corrected chi connectivity index (χ1v) is 11.3. The first-order valence-electron chi connectivity index (χ1n) is 9.04. The fourth-order valence-corrected chi connectivity index (χ4v) is 4.98. The second kappa shape index (κ2) is 7.89. The number of rotatable bonds is 6. The molecule has 0 saturated carbocycles. The maximum Gasteiger partial charge on any atom is 0.261 e. The summed E-state index contributed by atoms with van der Waals surface area (Å²) in [6, 6.07) is 18.6. The summed E-state index contributed by atoms with van der Waals surface area (Å²) < 4.78 is 34.0. The number of ketones is 1. The normalized spacial score (nSPS) is 11.4. The molecule has 0 aliphatic heterocycles. The van der Waals surface area contributed by atoms with E-state index < -0.39 is 10.0 Å². The van der Waals surface area contributed by atoms with E-state index in [9.17, 15) is 13.2 Å². The van der Waals surface area contributed by atoms with Crippen molar-refractivity contribution in [1.82, 2.24) is 4.98 Å². The number of nitrogens with zero attached hydrogens (tertiary/aromatic N) is 1. The molecule has 0 radical (unpaired) electrons. The van der Waals surface area contributed by atoms with Crippen LogP contribution < -0.4 is 9.46 Å². The smallest absolute Gasteiger partial charge is 0.261 e. The molecule has 0 unspecified atom stereocenters. The molecule has 0 fully saturated rings. The van der Waals surface area contributed by atoms with Crippen LogP contribution in [-0.4, -0.2) is 26.3 Å². The van der Waals surface area contributed by atoms with Gasteiger partial charge in [0.25, 0.3) is 10.0 Å². The third-order valence-corrected chi connectivity index (χ3v) is 7.02. The summed E-state index contributed by atoms with van der Waals surface area (Å²) in [5.41, 5.74) is 2.68. The summed E-state index contributed by atoms with van der Waals surface area (Å²) in [5.74, 6) is 0.662. The van der Waals surface area contributed by atoms with Gasteiger partial charge in [0.1, 0.15) is 10.8 Å². The number of Topliss-reactive ketones (excluding diaryl/α,β-unsaturated/α-hetero) is 1. The summed E-state index contributed by atoms with van der Waals surface area (Å²) in [6.45, 7) is 1.44. The van der Waals surface area contributed by atoms with Crippen molar-refractivity contribution < 1.29 is 17.9 Å². The minimum absolute atomic E-state index is 0.0942. The van der Waals surface area contributed by atoms with Crippen LogP contribution in [0.5, 0.6) is 5.75 Å². The molecular formula is C22H18N2O4S2. The van der Waals surface area contributed by atoms with Gasteiger partial charge in [-0.2, -0.15) is 0 Å². The molecule has 1 N–H and O–H groups in total. The number of fused-ring (bicyclic) bond motifs is 1. The number of benzene rings is 3. The average molecular weight is 439 g/mol. The number of anilines is 1. The lowest BCUT2D eigenvalue weighted by Gasteiger charge is -2.09. The Labute approximate surface area is 178 Å². The van der Waals surface area contributed by atoms with Crippen molar-refractivity contribution in [3.8, 4) is 16.3 Å². The Kier molecular flexibility index (Phi) is 5.27. The Balaban J connectivity index is 1.55. The minimum atomic E-state index is -3.75. The van der Waals surface area contributed by atoms with Gasteiger partial charge in [-0.25, -0.2) is 13.4 Å². The number of hydrogen-bond donors (Lipinski definition) is 1. The molecule has 3 aromatic carbocycles. The lowest BCUT2D eigenvalue weighted by molar-refractivity contribution is 0.101. The molecule has 0 amide bonds. The first kappa shape index (κ1) is 20.1. The zero-order chi connectivity index (χ0) is 21.3. The summed E-state index contributed by atoms with van der Waals surface area (Å²) in [5, 5.41) is 0.840. The predicted octanol–water partition coefficient (Wildman–Crippen LogP) is 4.98. The first-order chi connectivity index (χ1) is 14.4. The number of nitrogens with one attached hydrogen (secondary N) is 1. The molecule has 6 nitrogen and oxygen atoms in total. The van der Waals surface area contributed by atoms with Crippen LogP contribution in [0.4, 0.5) is 5.69 Å². The molecule has 152 valence electrons. The zero-order valence-corrected chi connectivity index (χ0v) is 17.9. The van der Waals surface area contributed by atoms with Crippen molar-refractivity contribution in [2.75, 3.05) is 11.8 Å². The van der Waals surface area contributed by atoms with Crippen molar-refractivity contribution in [1.29, 1.82) is 0 Å². The molecule has 1 aromatic heterocycles. The van der Waals surface area contributed by atoms with Crippen LogP contribution in [-0.2, 0) is 10.0 Å². The van der Waals surface area contributed by atoms with E-state index in [0.717, 1.165) is 26.5 Å². The minimum Gasteiger partial charge on any atom is -0.497 e. The highest BCUT2D eigenvalue weighted by molar-refractivity contribution is 7.92. The number of aromatic nitrogens is 1. The van der Waals surface area contributed by atoms with Gasteiger partial charge in [0.05, 0.1) is 22.2 Å². The number of thiazole rings is 1. The van der Waals surface area contributed by atoms with Crippen LogP contribution in [0.3, 0.4) is 0 Å². The van der Waals surface area contributed by atoms with E-state index in [4.69, 9.17) is 4.74 Å². The molecule has 0 saturated heterocycles. The van der Waals surface area contributed by atoms with E-state index in [1.54, 1.807) is 30.6 Å². The van der Waals surface area contributed by atoms with Crippen molar-refractivity contribution in [2.24, 2.45) is 0 Å². The number of carbonyl (C=O) groups is 1. The Bertz CT molecular complexity index is 1330. The third kappa shape index (κ3) is 4.05. The van der Waals surface area contributed by atoms with E-state index in [1.165, 1.54) is 31.2 Å². The lowest BCUT2D eigenvalue weighted by atomic mass is 10.2. The Hall–Kier alpha value is -3.23. The molecule has 4 aromatic rings. The van der Waals surface area contributed by atoms with Crippen LogP contribution in [0.15, 0.2) is 71.6 Å². The lowest BCUT2D eigenvalue weighted by Crippen LogP contribution is -2.13. The van der Waals surface area contributed by atoms with Gasteiger partial charge in [0, 0.05) is 16.8 Å². The van der Waals surface area contributed by atoms with Gasteiger partial charge in [0.15, 0.2) is 5.78 Å². The fraction of sp³-hybridized carbons (Fsp3) is 0.0909. The van der Waals surface area contributed by atoms with Crippen molar-refractivity contribution in [2.45, 2.75) is 11.8 Å². The van der Waals surface area contributed by atoms with E-state index >= 15 is 0 Å². The molecular weight excluding hydrogens is 420 g/mol. The largest absolute Gasteiger partial charge is 0.497 e. The van der Waals surface area contributed by atoms with Crippen LogP contribution >= 0.6 is 11.3 Å². The second-order valence-corrected chi connectivity index (χ2v) is 9.33. The Morgan fingerprint density at radius 1 is 1.00 bits per heavy atom. The highest BCUT2D eigenvalue weighted by Crippen LogP contribution is 2.33. The van der Waals surface area contributed by atoms with Gasteiger partial charge in [-0.05, 0) is 61.5 Å². The van der Waals surface area contributed by atoms with Crippen LogP contribution in [0.2, 0.25) is 0 Å². The molecule has 0 aliphatic carbocycles. The standard InChI is InChI=1S/C22H18N2O4S2/c1-14(25)15-5-10-19(11-6-15)30(26,27)24-17-7-3-16(4-8-17)22-23-20-12-9-18(28-2)13-21(20)29-22/h3-13,24H,1-2H3. The number of hydrogen-bond acceptors (Lipinski definition) is 6. The van der Waals surface area contributed by atoms with Gasteiger partial charge in [0.2, 0.25) is 0 Å². The van der Waals surface area contributed by atoms with Gasteiger partial charge in [-0.15, -0.1) is 11.3 Å². The number of ether oxygens (including phenoxy) is 1. The van der Waals surface area contributed by atoms with E-state index in [2.05, 4.69) is 9.71 Å². The molecule has 8 heteroatoms. The molecule has 0 atom stereocenters. The van der Waals surface area contributed by atoms with Gasteiger partial charge < -0.3 is 4.74 Å². The third-order valence-electron chi connectivity index (χ3n) is 4.55. The molecule has 1 heterocycles. The van der Waals surface area contributed by atoms with Gasteiger partial charge in [-0.3, -0.25) is 9.52 Å². The van der Waals surface area contributed by atoms with E-state index in [1.807, 2.05) is 30.3 Å². The Morgan fingerprint density at radius 2 is 1.70 bits per heavy atom. The van der Waals surface area contributed by atoms with Crippen molar-refractivity contribution >= 4 is 43.0 Å². The Morgan fingerprint density at radius 3 is 2.33 bits per heavy atom. The molecule has 0 aliphatic rings.